The smallest absolute Gasteiger partial charge is 0.246 e. The first-order chi connectivity index (χ1) is 14.1. The van der Waals surface area contributed by atoms with Gasteiger partial charge in [-0.15, -0.1) is 0 Å². The van der Waals surface area contributed by atoms with Crippen molar-refractivity contribution in [2.75, 3.05) is 30.8 Å². The van der Waals surface area contributed by atoms with E-state index in [-0.39, 0.29) is 28.6 Å². The number of hydrogen-bond donors (Lipinski definition) is 0. The predicted octanol–water partition coefficient (Wildman–Crippen LogP) is 1.27. The molecule has 2 aromatic rings. The Balaban J connectivity index is 1.95. The molecule has 0 N–H and O–H groups in total. The summed E-state index contributed by atoms with van der Waals surface area (Å²) in [6.45, 7) is 1.71. The van der Waals surface area contributed by atoms with Crippen molar-refractivity contribution < 1.29 is 26.4 Å². The van der Waals surface area contributed by atoms with E-state index in [1.165, 1.54) is 39.3 Å². The fourth-order valence-electron chi connectivity index (χ4n) is 3.20. The number of hydrogen-bond acceptors (Lipinski definition) is 7. The number of carbonyl (C=O) groups is 1. The molecule has 1 atom stereocenters. The van der Waals surface area contributed by atoms with E-state index >= 15 is 0 Å². The van der Waals surface area contributed by atoms with Crippen molar-refractivity contribution in [3.05, 3.63) is 48.3 Å². The van der Waals surface area contributed by atoms with Crippen LogP contribution in [0.5, 0.6) is 5.75 Å². The summed E-state index contributed by atoms with van der Waals surface area (Å²) < 4.78 is 58.2. The van der Waals surface area contributed by atoms with E-state index in [9.17, 15) is 21.6 Å². The zero-order valence-corrected chi connectivity index (χ0v) is 18.5. The molecule has 0 aliphatic carbocycles. The number of amides is 1. The van der Waals surface area contributed by atoms with E-state index in [1.54, 1.807) is 24.5 Å². The largest absolute Gasteiger partial charge is 0.495 e. The van der Waals surface area contributed by atoms with Crippen LogP contribution in [0.25, 0.3) is 0 Å². The number of rotatable bonds is 7. The van der Waals surface area contributed by atoms with Crippen LogP contribution in [0.2, 0.25) is 0 Å². The Bertz CT molecular complexity index is 1150. The molecule has 1 aromatic heterocycles. The molecule has 1 amide bonds. The molecule has 1 unspecified atom stereocenters. The number of benzene rings is 1. The van der Waals surface area contributed by atoms with Crippen LogP contribution in [0.15, 0.2) is 47.6 Å². The van der Waals surface area contributed by atoms with Gasteiger partial charge >= 0.3 is 0 Å². The molecule has 1 aliphatic heterocycles. The molecule has 1 saturated heterocycles. The summed E-state index contributed by atoms with van der Waals surface area (Å²) in [7, 11) is -5.11. The van der Waals surface area contributed by atoms with Crippen LogP contribution in [0.4, 0.5) is 5.69 Å². The zero-order valence-electron chi connectivity index (χ0n) is 16.8. The number of carbonyl (C=O) groups excluding carboxylic acids is 1. The maximum absolute atomic E-state index is 13.2. The number of ether oxygens (including phenoxy) is 1. The van der Waals surface area contributed by atoms with Crippen molar-refractivity contribution in [1.29, 1.82) is 0 Å². The Morgan fingerprint density at radius 1 is 1.23 bits per heavy atom. The number of sulfonamides is 2. The second-order valence-electron chi connectivity index (χ2n) is 7.05. The summed E-state index contributed by atoms with van der Waals surface area (Å²) in [6.07, 6.45) is 3.73. The fourth-order valence-corrected chi connectivity index (χ4v) is 6.36. The molecule has 30 heavy (non-hydrogen) atoms. The first-order valence-corrected chi connectivity index (χ1v) is 12.2. The molecule has 1 aliphatic rings. The normalized spacial score (nSPS) is 18.7. The average Bonchev–Trinajstić information content (AvgIpc) is 2.92. The van der Waals surface area contributed by atoms with Crippen LogP contribution >= 0.6 is 0 Å². The maximum atomic E-state index is 13.2. The first kappa shape index (κ1) is 22.2. The van der Waals surface area contributed by atoms with Crippen molar-refractivity contribution in [2.45, 2.75) is 18.2 Å². The fraction of sp³-hybridized carbons (Fsp3) is 0.368. The van der Waals surface area contributed by atoms with E-state index in [4.69, 9.17) is 4.74 Å². The Kier molecular flexibility index (Phi) is 6.16. The molecule has 0 bridgehead atoms. The lowest BCUT2D eigenvalue weighted by Gasteiger charge is -2.21. The number of pyridine rings is 1. The van der Waals surface area contributed by atoms with Gasteiger partial charge in [-0.05, 0) is 42.3 Å². The SMILES string of the molecule is COc1ccc(N2C(=O)C(C)CS2(=O)=O)cc1S(=O)(=O)N(C)CCc1ccncc1. The zero-order chi connectivity index (χ0) is 22.1. The van der Waals surface area contributed by atoms with Gasteiger partial charge in [0.2, 0.25) is 26.0 Å². The minimum absolute atomic E-state index is 0.0220. The van der Waals surface area contributed by atoms with E-state index in [2.05, 4.69) is 4.98 Å². The average molecular weight is 454 g/mol. The third kappa shape index (κ3) is 4.18. The Morgan fingerprint density at radius 3 is 2.47 bits per heavy atom. The highest BCUT2D eigenvalue weighted by molar-refractivity contribution is 7.94. The van der Waals surface area contributed by atoms with E-state index in [0.29, 0.717) is 10.7 Å². The second kappa shape index (κ2) is 8.32. The van der Waals surface area contributed by atoms with Crippen molar-refractivity contribution in [3.8, 4) is 5.75 Å². The minimum Gasteiger partial charge on any atom is -0.495 e. The molecule has 0 saturated carbocycles. The first-order valence-electron chi connectivity index (χ1n) is 9.18. The Labute approximate surface area is 176 Å². The Morgan fingerprint density at radius 2 is 1.90 bits per heavy atom. The van der Waals surface area contributed by atoms with Crippen molar-refractivity contribution in [3.63, 3.8) is 0 Å². The van der Waals surface area contributed by atoms with Crippen molar-refractivity contribution in [1.82, 2.24) is 9.29 Å². The molecule has 2 heterocycles. The van der Waals surface area contributed by atoms with E-state index < -0.39 is 31.9 Å². The lowest BCUT2D eigenvalue weighted by Crippen LogP contribution is -2.32. The third-order valence-electron chi connectivity index (χ3n) is 4.90. The van der Waals surface area contributed by atoms with Gasteiger partial charge in [-0.25, -0.2) is 25.4 Å². The van der Waals surface area contributed by atoms with Gasteiger partial charge in [0.25, 0.3) is 0 Å². The van der Waals surface area contributed by atoms with Gasteiger partial charge in [0.1, 0.15) is 10.6 Å². The molecule has 1 fully saturated rings. The van der Waals surface area contributed by atoms with Gasteiger partial charge in [-0.1, -0.05) is 6.92 Å². The van der Waals surface area contributed by atoms with Crippen LogP contribution in [-0.4, -0.2) is 58.5 Å². The highest BCUT2D eigenvalue weighted by Crippen LogP contribution is 2.34. The molecule has 0 spiro atoms. The Hall–Kier alpha value is -2.50. The maximum Gasteiger partial charge on any atom is 0.246 e. The summed E-state index contributed by atoms with van der Waals surface area (Å²) in [4.78, 5) is 16.1. The third-order valence-corrected chi connectivity index (χ3v) is 8.64. The standard InChI is InChI=1S/C19H23N3O6S2/c1-14-13-29(24,25)22(19(14)23)16-4-5-17(28-3)18(12-16)30(26,27)21(2)11-8-15-6-9-20-10-7-15/h4-7,9-10,12,14H,8,11,13H2,1-3H3. The number of likely N-dealkylation sites (N-methyl/N-ethyl adjacent to an activating group) is 1. The molecule has 0 radical (unpaired) electrons. The number of nitrogens with zero attached hydrogens (tertiary/aromatic N) is 3. The topological polar surface area (TPSA) is 114 Å². The molecule has 9 nitrogen and oxygen atoms in total. The van der Waals surface area contributed by atoms with Gasteiger partial charge in [0, 0.05) is 26.0 Å². The summed E-state index contributed by atoms with van der Waals surface area (Å²) >= 11 is 0. The monoisotopic (exact) mass is 453 g/mol. The summed E-state index contributed by atoms with van der Waals surface area (Å²) in [5, 5.41) is 0. The molecular weight excluding hydrogens is 430 g/mol. The molecule has 3 rings (SSSR count). The summed E-state index contributed by atoms with van der Waals surface area (Å²) in [6, 6.07) is 7.48. The molecular formula is C19H23N3O6S2. The van der Waals surface area contributed by atoms with Crippen LogP contribution in [-0.2, 0) is 31.3 Å². The number of methoxy groups -OCH3 is 1. The second-order valence-corrected chi connectivity index (χ2v) is 10.9. The number of anilines is 1. The molecule has 1 aromatic carbocycles. The van der Waals surface area contributed by atoms with Crippen molar-refractivity contribution in [2.24, 2.45) is 5.92 Å². The van der Waals surface area contributed by atoms with Gasteiger partial charge in [-0.3, -0.25) is 9.78 Å². The number of aromatic nitrogens is 1. The minimum atomic E-state index is -4.01. The highest BCUT2D eigenvalue weighted by Gasteiger charge is 2.42. The lowest BCUT2D eigenvalue weighted by molar-refractivity contribution is -0.119. The molecule has 11 heteroatoms. The van der Waals surface area contributed by atoms with Crippen LogP contribution in [0.3, 0.4) is 0 Å². The van der Waals surface area contributed by atoms with Crippen LogP contribution in [0.1, 0.15) is 12.5 Å². The highest BCUT2D eigenvalue weighted by atomic mass is 32.2. The van der Waals surface area contributed by atoms with Crippen LogP contribution in [0, 0.1) is 5.92 Å². The van der Waals surface area contributed by atoms with Crippen molar-refractivity contribution >= 4 is 31.6 Å². The van der Waals surface area contributed by atoms with E-state index in [0.717, 1.165) is 9.87 Å². The van der Waals surface area contributed by atoms with Gasteiger partial charge < -0.3 is 4.74 Å². The summed E-state index contributed by atoms with van der Waals surface area (Å²) in [5.74, 6) is -1.53. The van der Waals surface area contributed by atoms with Gasteiger partial charge in [0.05, 0.1) is 24.5 Å². The van der Waals surface area contributed by atoms with Gasteiger partial charge in [-0.2, -0.15) is 0 Å². The summed E-state index contributed by atoms with van der Waals surface area (Å²) in [5.41, 5.74) is 0.904. The molecule has 162 valence electrons. The van der Waals surface area contributed by atoms with Crippen LogP contribution < -0.4 is 9.04 Å². The van der Waals surface area contributed by atoms with Gasteiger partial charge in [0.15, 0.2) is 0 Å². The van der Waals surface area contributed by atoms with E-state index in [1.807, 2.05) is 0 Å². The predicted molar refractivity (Wildman–Crippen MR) is 111 cm³/mol. The lowest BCUT2D eigenvalue weighted by atomic mass is 10.2. The quantitative estimate of drug-likeness (QED) is 0.620.